The van der Waals surface area contributed by atoms with E-state index in [1.54, 1.807) is 12.7 Å². The van der Waals surface area contributed by atoms with Gasteiger partial charge in [-0.3, -0.25) is 4.42 Å². The van der Waals surface area contributed by atoms with Crippen LogP contribution in [-0.4, -0.2) is 0 Å². The first-order valence-corrected chi connectivity index (χ1v) is 3.60. The highest BCUT2D eigenvalue weighted by molar-refractivity contribution is 5.18. The molecule has 1 aromatic heterocycles. The Labute approximate surface area is 65.5 Å². The van der Waals surface area contributed by atoms with E-state index in [4.69, 9.17) is 4.42 Å². The Bertz CT molecular complexity index is 272. The summed E-state index contributed by atoms with van der Waals surface area (Å²) in [5.74, 6) is 0. The van der Waals surface area contributed by atoms with Crippen molar-refractivity contribution in [3.05, 3.63) is 49.2 Å². The van der Waals surface area contributed by atoms with Gasteiger partial charge in [-0.2, -0.15) is 6.08 Å². The highest BCUT2D eigenvalue weighted by Gasteiger charge is 2.05. The molecule has 2 heteroatoms. The molecule has 2 nitrogen and oxygen atoms in total. The predicted octanol–water partition coefficient (Wildman–Crippen LogP) is 1.46. The van der Waals surface area contributed by atoms with E-state index in [0.717, 1.165) is 6.42 Å². The normalized spacial score (nSPS) is 15.8. The molecule has 0 spiro atoms. The lowest BCUT2D eigenvalue weighted by Crippen LogP contribution is -2.36. The van der Waals surface area contributed by atoms with Crippen LogP contribution in [0.15, 0.2) is 47.6 Å². The maximum Gasteiger partial charge on any atom is 0.401 e. The van der Waals surface area contributed by atoms with Crippen molar-refractivity contribution in [1.29, 1.82) is 0 Å². The molecule has 11 heavy (non-hydrogen) atoms. The van der Waals surface area contributed by atoms with Gasteiger partial charge in [0.2, 0.25) is 0 Å². The minimum absolute atomic E-state index is 0.973. The number of allylic oxidation sites excluding steroid dienone is 4. The van der Waals surface area contributed by atoms with Crippen LogP contribution in [0.2, 0.25) is 0 Å². The van der Waals surface area contributed by atoms with Crippen LogP contribution in [0.3, 0.4) is 0 Å². The SMILES string of the molecule is C1=CC[C-]([n+]2cc[o+][cH-]2)C=C1. The molecule has 0 aromatic carbocycles. The van der Waals surface area contributed by atoms with Crippen molar-refractivity contribution >= 4 is 0 Å². The molecule has 0 saturated heterocycles. The highest BCUT2D eigenvalue weighted by atomic mass is 16.3. The standard InChI is InChI=1S/C9H9NO/c1-2-4-9(5-3-1)10-6-7-11-8-10/h1-4,6-8H,5H2. The Morgan fingerprint density at radius 3 is 3.09 bits per heavy atom. The summed E-state index contributed by atoms with van der Waals surface area (Å²) in [5.41, 5.74) is 0. The van der Waals surface area contributed by atoms with Crippen molar-refractivity contribution in [2.45, 2.75) is 6.42 Å². The maximum atomic E-state index is 4.95. The summed E-state index contributed by atoms with van der Waals surface area (Å²) in [6, 6.07) is 1.24. The van der Waals surface area contributed by atoms with Gasteiger partial charge in [0.1, 0.15) is 6.20 Å². The van der Waals surface area contributed by atoms with Crippen LogP contribution in [0, 0.1) is 6.04 Å². The molecule has 0 saturated carbocycles. The molecular weight excluding hydrogens is 138 g/mol. The second-order valence-electron chi connectivity index (χ2n) is 2.42. The first-order chi connectivity index (χ1) is 5.47. The van der Waals surface area contributed by atoms with Crippen molar-refractivity contribution in [1.82, 2.24) is 0 Å². The van der Waals surface area contributed by atoms with E-state index >= 15 is 0 Å². The third-order valence-corrected chi connectivity index (χ3v) is 1.67. The molecule has 0 bridgehead atoms. The van der Waals surface area contributed by atoms with Crippen LogP contribution < -0.4 is 4.57 Å². The van der Waals surface area contributed by atoms with Crippen LogP contribution in [0.25, 0.3) is 0 Å². The summed E-state index contributed by atoms with van der Waals surface area (Å²) < 4.78 is 6.92. The summed E-state index contributed by atoms with van der Waals surface area (Å²) >= 11 is 0. The molecule has 56 valence electrons. The second kappa shape index (κ2) is 2.66. The molecule has 2 rings (SSSR count). The Hall–Kier alpha value is -1.44. The van der Waals surface area contributed by atoms with Crippen molar-refractivity contribution < 1.29 is 8.98 Å². The van der Waals surface area contributed by atoms with Crippen LogP contribution in [0.4, 0.5) is 0 Å². The van der Waals surface area contributed by atoms with E-state index in [2.05, 4.69) is 12.2 Å². The summed E-state index contributed by atoms with van der Waals surface area (Å²) in [6.45, 7) is 0. The summed E-state index contributed by atoms with van der Waals surface area (Å²) in [6.07, 6.45) is 14.5. The topological polar surface area (TPSA) is 15.2 Å². The molecule has 1 heterocycles. The zero-order chi connectivity index (χ0) is 7.52. The molecule has 0 fully saturated rings. The van der Waals surface area contributed by atoms with E-state index in [0.29, 0.717) is 0 Å². The van der Waals surface area contributed by atoms with Gasteiger partial charge < -0.3 is 4.57 Å². The van der Waals surface area contributed by atoms with Crippen molar-refractivity contribution in [2.75, 3.05) is 0 Å². The lowest BCUT2D eigenvalue weighted by Gasteiger charge is -2.15. The molecule has 0 radical (unpaired) electrons. The van der Waals surface area contributed by atoms with Crippen LogP contribution >= 0.6 is 0 Å². The summed E-state index contributed by atoms with van der Waals surface area (Å²) in [4.78, 5) is 0. The van der Waals surface area contributed by atoms with Crippen molar-refractivity contribution in [2.24, 2.45) is 0 Å². The van der Waals surface area contributed by atoms with Crippen LogP contribution in [-0.2, 0) is 0 Å². The quantitative estimate of drug-likeness (QED) is 0.333. The van der Waals surface area contributed by atoms with Crippen molar-refractivity contribution in [3.63, 3.8) is 0 Å². The van der Waals surface area contributed by atoms with Gasteiger partial charge in [0, 0.05) is 6.04 Å². The van der Waals surface area contributed by atoms with E-state index in [-0.39, 0.29) is 0 Å². The maximum absolute atomic E-state index is 4.95. The first-order valence-electron chi connectivity index (χ1n) is 3.60. The minimum atomic E-state index is 0.973. The third kappa shape index (κ3) is 1.19. The molecule has 0 amide bonds. The van der Waals surface area contributed by atoms with Gasteiger partial charge in [0.05, 0.1) is 0 Å². The number of hydrogen-bond acceptors (Lipinski definition) is 0. The Morgan fingerprint density at radius 1 is 1.45 bits per heavy atom. The lowest BCUT2D eigenvalue weighted by atomic mass is 10.1. The van der Waals surface area contributed by atoms with Gasteiger partial charge in [-0.05, 0) is 6.42 Å². The monoisotopic (exact) mass is 147 g/mol. The zero-order valence-corrected chi connectivity index (χ0v) is 6.10. The number of rotatable bonds is 1. The summed E-state index contributed by atoms with van der Waals surface area (Å²) in [5, 5.41) is 0. The molecule has 0 aliphatic heterocycles. The molecular formula is C9H9NO. The Balaban J connectivity index is 2.19. The zero-order valence-electron chi connectivity index (χ0n) is 6.10. The van der Waals surface area contributed by atoms with E-state index in [1.807, 2.05) is 22.9 Å². The molecule has 0 unspecified atom stereocenters. The Morgan fingerprint density at radius 2 is 2.45 bits per heavy atom. The number of aromatic nitrogens is 1. The predicted molar refractivity (Wildman–Crippen MR) is 40.4 cm³/mol. The van der Waals surface area contributed by atoms with E-state index < -0.39 is 0 Å². The van der Waals surface area contributed by atoms with Gasteiger partial charge in [-0.25, -0.2) is 6.08 Å². The minimum Gasteiger partial charge on any atom is -0.321 e. The average molecular weight is 147 g/mol. The third-order valence-electron chi connectivity index (χ3n) is 1.67. The van der Waals surface area contributed by atoms with Crippen LogP contribution in [0.1, 0.15) is 6.42 Å². The fourth-order valence-corrected chi connectivity index (χ4v) is 1.09. The fraction of sp³-hybridized carbons (Fsp3) is 0.111. The largest absolute Gasteiger partial charge is 0.401 e. The molecule has 1 aliphatic carbocycles. The van der Waals surface area contributed by atoms with Crippen molar-refractivity contribution in [3.8, 4) is 0 Å². The molecule has 0 atom stereocenters. The number of hydrogen-bond donors (Lipinski definition) is 0. The van der Waals surface area contributed by atoms with E-state index in [9.17, 15) is 0 Å². The van der Waals surface area contributed by atoms with Gasteiger partial charge in [-0.1, -0.05) is 0 Å². The van der Waals surface area contributed by atoms with Gasteiger partial charge in [-0.15, -0.1) is 12.2 Å². The molecule has 1 aliphatic rings. The molecule has 0 N–H and O–H groups in total. The second-order valence-corrected chi connectivity index (χ2v) is 2.42. The van der Waals surface area contributed by atoms with Gasteiger partial charge in [0.15, 0.2) is 0 Å². The number of nitrogens with zero attached hydrogens (tertiary/aromatic N) is 1. The fourth-order valence-electron chi connectivity index (χ4n) is 1.09. The smallest absolute Gasteiger partial charge is 0.321 e. The van der Waals surface area contributed by atoms with Gasteiger partial charge >= 0.3 is 6.39 Å². The summed E-state index contributed by atoms with van der Waals surface area (Å²) in [7, 11) is 0. The van der Waals surface area contributed by atoms with E-state index in [1.165, 1.54) is 6.04 Å². The molecule has 1 aromatic rings. The number of oxazole rings is 1. The highest BCUT2D eigenvalue weighted by Crippen LogP contribution is 2.09. The van der Waals surface area contributed by atoms with Gasteiger partial charge in [0.25, 0.3) is 6.26 Å². The first kappa shape index (κ1) is 6.28. The lowest BCUT2D eigenvalue weighted by molar-refractivity contribution is -0.654. The average Bonchev–Trinajstić information content (AvgIpc) is 2.58. The Kier molecular flexibility index (Phi) is 1.52. The van der Waals surface area contributed by atoms with Crippen LogP contribution in [0.5, 0.6) is 0 Å².